The van der Waals surface area contributed by atoms with Gasteiger partial charge in [-0.2, -0.15) is 0 Å². The molecule has 1 amide bonds. The minimum atomic E-state index is -0.570. The van der Waals surface area contributed by atoms with E-state index in [0.29, 0.717) is 17.4 Å². The van der Waals surface area contributed by atoms with Gasteiger partial charge in [0.05, 0.1) is 0 Å². The summed E-state index contributed by atoms with van der Waals surface area (Å²) in [6, 6.07) is 18.4. The Labute approximate surface area is 177 Å². The first kappa shape index (κ1) is 21.3. The van der Waals surface area contributed by atoms with Crippen molar-refractivity contribution in [2.45, 2.75) is 25.7 Å². The van der Waals surface area contributed by atoms with Crippen LogP contribution in [-0.2, 0) is 0 Å². The van der Waals surface area contributed by atoms with Gasteiger partial charge in [-0.25, -0.2) is 4.98 Å². The van der Waals surface area contributed by atoms with Crippen LogP contribution in [0.15, 0.2) is 66.9 Å². The lowest BCUT2D eigenvalue weighted by molar-refractivity contribution is 0.0997. The molecule has 3 N–H and O–H groups in total. The minimum Gasteiger partial charge on any atom is -0.457 e. The van der Waals surface area contributed by atoms with E-state index >= 15 is 0 Å². The number of hydrogen-bond donors (Lipinski definition) is 2. The number of para-hydroxylation sites is 1. The molecule has 0 radical (unpaired) electrons. The van der Waals surface area contributed by atoms with Crippen molar-refractivity contribution in [1.29, 1.82) is 0 Å². The number of primary amides is 1. The highest BCUT2D eigenvalue weighted by atomic mass is 16.5. The van der Waals surface area contributed by atoms with Crippen LogP contribution in [0.5, 0.6) is 23.1 Å². The van der Waals surface area contributed by atoms with Crippen LogP contribution in [0, 0.1) is 0 Å². The number of ether oxygens (including phenoxy) is 2. The lowest BCUT2D eigenvalue weighted by Gasteiger charge is -2.17. The van der Waals surface area contributed by atoms with E-state index in [1.165, 1.54) is 0 Å². The Balaban J connectivity index is 1.82. The number of aromatic nitrogens is 1. The normalized spacial score (nSPS) is 11.7. The molecule has 0 saturated heterocycles. The van der Waals surface area contributed by atoms with Crippen molar-refractivity contribution < 1.29 is 14.3 Å². The summed E-state index contributed by atoms with van der Waals surface area (Å²) in [5, 5.41) is 3.16. The van der Waals surface area contributed by atoms with E-state index in [-0.39, 0.29) is 11.4 Å². The number of carbonyl (C=O) groups is 1. The highest BCUT2D eigenvalue weighted by Gasteiger charge is 2.17. The predicted molar refractivity (Wildman–Crippen MR) is 117 cm³/mol. The van der Waals surface area contributed by atoms with Crippen molar-refractivity contribution in [2.75, 3.05) is 13.6 Å². The lowest BCUT2D eigenvalue weighted by atomic mass is 9.93. The Morgan fingerprint density at radius 3 is 2.40 bits per heavy atom. The van der Waals surface area contributed by atoms with Gasteiger partial charge in [0.1, 0.15) is 22.8 Å². The number of pyridine rings is 1. The first-order valence-corrected chi connectivity index (χ1v) is 10.1. The molecular weight excluding hydrogens is 378 g/mol. The van der Waals surface area contributed by atoms with Gasteiger partial charge in [-0.05, 0) is 68.2 Å². The maximum absolute atomic E-state index is 12.1. The monoisotopic (exact) mass is 405 g/mol. The van der Waals surface area contributed by atoms with Gasteiger partial charge >= 0.3 is 0 Å². The maximum atomic E-state index is 12.1. The molecule has 1 unspecified atom stereocenters. The van der Waals surface area contributed by atoms with Crippen LogP contribution in [0.2, 0.25) is 0 Å². The van der Waals surface area contributed by atoms with E-state index in [9.17, 15) is 4.79 Å². The number of amides is 1. The Morgan fingerprint density at radius 2 is 1.73 bits per heavy atom. The van der Waals surface area contributed by atoms with Crippen molar-refractivity contribution in [1.82, 2.24) is 10.3 Å². The van der Waals surface area contributed by atoms with Gasteiger partial charge in [0.2, 0.25) is 5.88 Å². The highest BCUT2D eigenvalue weighted by molar-refractivity contribution is 5.95. The number of benzene rings is 2. The van der Waals surface area contributed by atoms with Crippen LogP contribution in [0.3, 0.4) is 0 Å². The highest BCUT2D eigenvalue weighted by Crippen LogP contribution is 2.31. The fourth-order valence-electron chi connectivity index (χ4n) is 3.21. The molecule has 0 bridgehead atoms. The molecule has 0 aliphatic rings. The van der Waals surface area contributed by atoms with Crippen molar-refractivity contribution in [3.63, 3.8) is 0 Å². The van der Waals surface area contributed by atoms with E-state index in [2.05, 4.69) is 17.2 Å². The van der Waals surface area contributed by atoms with E-state index < -0.39 is 5.91 Å². The third-order valence-corrected chi connectivity index (χ3v) is 4.84. The topological polar surface area (TPSA) is 86.5 Å². The molecule has 30 heavy (non-hydrogen) atoms. The quantitative estimate of drug-likeness (QED) is 0.503. The predicted octanol–water partition coefficient (Wildman–Crippen LogP) is 4.87. The molecule has 6 heteroatoms. The third kappa shape index (κ3) is 5.58. The van der Waals surface area contributed by atoms with Crippen LogP contribution in [0.1, 0.15) is 41.6 Å². The van der Waals surface area contributed by atoms with E-state index in [4.69, 9.17) is 15.2 Å². The molecule has 2 aromatic carbocycles. The minimum absolute atomic E-state index is 0.187. The summed E-state index contributed by atoms with van der Waals surface area (Å²) in [5.41, 5.74) is 6.86. The molecule has 0 saturated carbocycles. The third-order valence-electron chi connectivity index (χ3n) is 4.84. The van der Waals surface area contributed by atoms with Crippen molar-refractivity contribution in [3.05, 3.63) is 78.0 Å². The summed E-state index contributed by atoms with van der Waals surface area (Å²) in [5.74, 6) is 1.76. The average molecular weight is 405 g/mol. The van der Waals surface area contributed by atoms with Crippen molar-refractivity contribution >= 4 is 5.91 Å². The molecule has 0 fully saturated rings. The van der Waals surface area contributed by atoms with Gasteiger partial charge in [0.15, 0.2) is 0 Å². The smallest absolute Gasteiger partial charge is 0.254 e. The number of nitrogens with zero attached hydrogens (tertiary/aromatic N) is 1. The molecular formula is C24H27N3O3. The summed E-state index contributed by atoms with van der Waals surface area (Å²) in [4.78, 5) is 16.5. The van der Waals surface area contributed by atoms with Crippen LogP contribution in [-0.4, -0.2) is 24.5 Å². The molecule has 6 nitrogen and oxygen atoms in total. The second kappa shape index (κ2) is 10.4. The first-order valence-electron chi connectivity index (χ1n) is 10.1. The van der Waals surface area contributed by atoms with Gasteiger partial charge in [-0.15, -0.1) is 0 Å². The summed E-state index contributed by atoms with van der Waals surface area (Å²) in [7, 11) is 1.92. The number of nitrogens with two attached hydrogens (primary N) is 1. The standard InChI is InChI=1S/C24H27N3O3/c1-3-17(12-13-26-2)18-14-22(23(25)28)24(27-16-18)30-21-11-7-10-20(15-21)29-19-8-5-4-6-9-19/h4-11,14-17,26H,3,12-13H2,1-2H3,(H2,25,28). The van der Waals surface area contributed by atoms with Gasteiger partial charge in [0, 0.05) is 12.3 Å². The maximum Gasteiger partial charge on any atom is 0.254 e. The van der Waals surface area contributed by atoms with E-state index in [0.717, 1.165) is 30.7 Å². The van der Waals surface area contributed by atoms with Crippen LogP contribution < -0.4 is 20.5 Å². The molecule has 1 atom stereocenters. The van der Waals surface area contributed by atoms with Crippen LogP contribution in [0.4, 0.5) is 0 Å². The Hall–Kier alpha value is -3.38. The second-order valence-corrected chi connectivity index (χ2v) is 6.98. The summed E-state index contributed by atoms with van der Waals surface area (Å²) >= 11 is 0. The van der Waals surface area contributed by atoms with Crippen molar-refractivity contribution in [2.24, 2.45) is 5.73 Å². The SMILES string of the molecule is CCC(CCNC)c1cnc(Oc2cccc(Oc3ccccc3)c2)c(C(N)=O)c1. The van der Waals surface area contributed by atoms with E-state index in [1.807, 2.05) is 49.5 Å². The molecule has 0 aliphatic carbocycles. The number of carbonyl (C=O) groups excluding carboxylic acids is 1. The zero-order valence-corrected chi connectivity index (χ0v) is 17.3. The summed E-state index contributed by atoms with van der Waals surface area (Å²) in [6.45, 7) is 3.00. The molecule has 1 aromatic heterocycles. The molecule has 0 spiro atoms. The zero-order valence-electron chi connectivity index (χ0n) is 17.3. The zero-order chi connectivity index (χ0) is 21.3. The lowest BCUT2D eigenvalue weighted by Crippen LogP contribution is -2.16. The molecule has 0 aliphatic heterocycles. The van der Waals surface area contributed by atoms with Gasteiger partial charge in [-0.1, -0.05) is 31.2 Å². The Kier molecular flexibility index (Phi) is 7.40. The molecule has 156 valence electrons. The fourth-order valence-corrected chi connectivity index (χ4v) is 3.21. The molecule has 1 heterocycles. The summed E-state index contributed by atoms with van der Waals surface area (Å²) in [6.07, 6.45) is 3.66. The van der Waals surface area contributed by atoms with Crippen LogP contribution in [0.25, 0.3) is 0 Å². The molecule has 3 rings (SSSR count). The molecule has 3 aromatic rings. The van der Waals surface area contributed by atoms with E-state index in [1.54, 1.807) is 24.4 Å². The summed E-state index contributed by atoms with van der Waals surface area (Å²) < 4.78 is 11.7. The van der Waals surface area contributed by atoms with Crippen molar-refractivity contribution in [3.8, 4) is 23.1 Å². The average Bonchev–Trinajstić information content (AvgIpc) is 2.76. The largest absolute Gasteiger partial charge is 0.457 e. The van der Waals surface area contributed by atoms with Gasteiger partial charge in [0.25, 0.3) is 5.91 Å². The first-order chi connectivity index (χ1) is 14.6. The Bertz CT molecular complexity index is 976. The number of rotatable bonds is 10. The van der Waals surface area contributed by atoms with Gasteiger partial charge < -0.3 is 20.5 Å². The number of nitrogens with one attached hydrogen (secondary N) is 1. The van der Waals surface area contributed by atoms with Gasteiger partial charge in [-0.3, -0.25) is 4.79 Å². The number of hydrogen-bond acceptors (Lipinski definition) is 5. The van der Waals surface area contributed by atoms with Crippen LogP contribution >= 0.6 is 0 Å². The Morgan fingerprint density at radius 1 is 1.03 bits per heavy atom. The second-order valence-electron chi connectivity index (χ2n) is 6.98. The fraction of sp³-hybridized carbons (Fsp3) is 0.250.